The Kier molecular flexibility index (Phi) is 5.98. The van der Waals surface area contributed by atoms with E-state index in [2.05, 4.69) is 0 Å². The molecule has 0 bridgehead atoms. The highest BCUT2D eigenvalue weighted by Gasteiger charge is 2.37. The van der Waals surface area contributed by atoms with E-state index in [1.165, 1.54) is 24.1 Å². The first kappa shape index (κ1) is 20.5. The highest BCUT2D eigenvalue weighted by Crippen LogP contribution is 2.40. The van der Waals surface area contributed by atoms with Crippen LogP contribution >= 0.6 is 11.6 Å². The number of halogens is 1. The Morgan fingerprint density at radius 1 is 1.28 bits per heavy atom. The van der Waals surface area contributed by atoms with E-state index in [1.54, 1.807) is 43.3 Å². The van der Waals surface area contributed by atoms with Gasteiger partial charge in [-0.2, -0.15) is 0 Å². The van der Waals surface area contributed by atoms with Crippen LogP contribution in [-0.4, -0.2) is 28.8 Å². The van der Waals surface area contributed by atoms with Crippen LogP contribution in [0, 0.1) is 10.1 Å². The van der Waals surface area contributed by atoms with E-state index in [-0.39, 0.29) is 24.6 Å². The molecule has 150 valence electrons. The highest BCUT2D eigenvalue weighted by atomic mass is 35.5. The van der Waals surface area contributed by atoms with Gasteiger partial charge in [-0.15, -0.1) is 0 Å². The topological polar surface area (TPSA) is 89.8 Å². The Morgan fingerprint density at radius 3 is 2.66 bits per heavy atom. The van der Waals surface area contributed by atoms with Gasteiger partial charge < -0.3 is 9.64 Å². The maximum absolute atomic E-state index is 12.9. The SMILES string of the molecule is COC(=O)C1=C(C)N(Cc2cccc([N+](=O)[O-])c2)C(=O)C[C@@H]1c1ccccc1Cl. The molecule has 2 aromatic rings. The number of benzene rings is 2. The number of esters is 1. The zero-order valence-electron chi connectivity index (χ0n) is 15.9. The van der Waals surface area contributed by atoms with Crippen LogP contribution in [0.15, 0.2) is 59.8 Å². The van der Waals surface area contributed by atoms with Crippen molar-refractivity contribution in [2.75, 3.05) is 7.11 Å². The van der Waals surface area contributed by atoms with Crippen LogP contribution in [0.4, 0.5) is 5.69 Å². The number of hydrogen-bond acceptors (Lipinski definition) is 5. The molecule has 0 unspecified atom stereocenters. The maximum Gasteiger partial charge on any atom is 0.336 e. The molecule has 1 heterocycles. The zero-order valence-corrected chi connectivity index (χ0v) is 16.7. The minimum atomic E-state index is -0.538. The van der Waals surface area contributed by atoms with Crippen LogP contribution in [0.3, 0.4) is 0 Å². The third kappa shape index (κ3) is 4.14. The molecule has 8 heteroatoms. The molecule has 1 aliphatic rings. The average Bonchev–Trinajstić information content (AvgIpc) is 2.71. The molecule has 1 aliphatic heterocycles. The number of hydrogen-bond donors (Lipinski definition) is 0. The van der Waals surface area contributed by atoms with E-state index in [4.69, 9.17) is 16.3 Å². The summed E-state index contributed by atoms with van der Waals surface area (Å²) in [6.45, 7) is 1.78. The molecule has 2 aromatic carbocycles. The molecule has 0 fully saturated rings. The van der Waals surface area contributed by atoms with Gasteiger partial charge in [0.25, 0.3) is 5.69 Å². The fraction of sp³-hybridized carbons (Fsp3) is 0.238. The van der Waals surface area contributed by atoms with Crippen molar-refractivity contribution in [3.63, 3.8) is 0 Å². The Morgan fingerprint density at radius 2 is 2.00 bits per heavy atom. The summed E-state index contributed by atoms with van der Waals surface area (Å²) in [6, 6.07) is 13.1. The lowest BCUT2D eigenvalue weighted by Crippen LogP contribution is -2.38. The average molecular weight is 415 g/mol. The van der Waals surface area contributed by atoms with Crippen LogP contribution < -0.4 is 0 Å². The standard InChI is InChI=1S/C21H19ClN2O5/c1-13-20(21(26)29-2)17(16-8-3-4-9-18(16)22)11-19(25)23(13)12-14-6-5-7-15(10-14)24(27)28/h3-10,17H,11-12H2,1-2H3/t17-/m1/s1. The van der Waals surface area contributed by atoms with Crippen LogP contribution in [0.1, 0.15) is 30.4 Å². The minimum Gasteiger partial charge on any atom is -0.466 e. The first-order valence-corrected chi connectivity index (χ1v) is 9.28. The number of nitrogens with zero attached hydrogens (tertiary/aromatic N) is 2. The Labute approximate surface area is 172 Å². The molecular weight excluding hydrogens is 396 g/mol. The van der Waals surface area contributed by atoms with E-state index in [0.717, 1.165) is 0 Å². The van der Waals surface area contributed by atoms with Crippen molar-refractivity contribution in [3.05, 3.63) is 86.1 Å². The molecule has 0 saturated heterocycles. The van der Waals surface area contributed by atoms with Crippen molar-refractivity contribution in [3.8, 4) is 0 Å². The fourth-order valence-electron chi connectivity index (χ4n) is 3.55. The normalized spacial score (nSPS) is 16.7. The molecule has 1 amide bonds. The molecule has 3 rings (SSSR count). The van der Waals surface area contributed by atoms with Gasteiger partial charge in [0.15, 0.2) is 0 Å². The fourth-order valence-corrected chi connectivity index (χ4v) is 3.82. The summed E-state index contributed by atoms with van der Waals surface area (Å²) in [5.41, 5.74) is 2.01. The first-order valence-electron chi connectivity index (χ1n) is 8.90. The van der Waals surface area contributed by atoms with Crippen molar-refractivity contribution in [1.82, 2.24) is 4.90 Å². The molecule has 0 saturated carbocycles. The first-order chi connectivity index (χ1) is 13.8. The highest BCUT2D eigenvalue weighted by molar-refractivity contribution is 6.31. The molecule has 29 heavy (non-hydrogen) atoms. The van der Waals surface area contributed by atoms with Crippen LogP contribution in [0.5, 0.6) is 0 Å². The summed E-state index contributed by atoms with van der Waals surface area (Å²) in [4.78, 5) is 37.5. The van der Waals surface area contributed by atoms with Crippen molar-refractivity contribution in [1.29, 1.82) is 0 Å². The minimum absolute atomic E-state index is 0.0421. The lowest BCUT2D eigenvalue weighted by atomic mass is 9.83. The molecule has 1 atom stereocenters. The molecule has 0 spiro atoms. The lowest BCUT2D eigenvalue weighted by Gasteiger charge is -2.34. The van der Waals surface area contributed by atoms with Gasteiger partial charge in [0.1, 0.15) is 0 Å². The largest absolute Gasteiger partial charge is 0.466 e. The lowest BCUT2D eigenvalue weighted by molar-refractivity contribution is -0.384. The summed E-state index contributed by atoms with van der Waals surface area (Å²) >= 11 is 6.32. The Balaban J connectivity index is 2.04. The quantitative estimate of drug-likeness (QED) is 0.415. The van der Waals surface area contributed by atoms with Gasteiger partial charge in [-0.1, -0.05) is 41.9 Å². The van der Waals surface area contributed by atoms with Gasteiger partial charge in [-0.3, -0.25) is 14.9 Å². The molecule has 0 aliphatic carbocycles. The Hall–Kier alpha value is -3.19. The van der Waals surface area contributed by atoms with E-state index >= 15 is 0 Å². The van der Waals surface area contributed by atoms with Crippen molar-refractivity contribution in [2.24, 2.45) is 0 Å². The summed E-state index contributed by atoms with van der Waals surface area (Å²) in [5.74, 6) is -1.26. The summed E-state index contributed by atoms with van der Waals surface area (Å²) in [5, 5.41) is 11.5. The second-order valence-corrected chi connectivity index (χ2v) is 7.08. The van der Waals surface area contributed by atoms with Crippen molar-refractivity contribution >= 4 is 29.2 Å². The van der Waals surface area contributed by atoms with Gasteiger partial charge in [0.05, 0.1) is 24.2 Å². The number of amides is 1. The number of nitro benzene ring substituents is 1. The predicted octanol–water partition coefficient (Wildman–Crippen LogP) is 4.21. The molecule has 0 radical (unpaired) electrons. The summed E-state index contributed by atoms with van der Waals surface area (Å²) in [6.07, 6.45) is 0.0421. The maximum atomic E-state index is 12.9. The van der Waals surface area contributed by atoms with Gasteiger partial charge in [0.2, 0.25) is 5.91 Å². The van der Waals surface area contributed by atoms with Crippen LogP contribution in [-0.2, 0) is 20.9 Å². The molecule has 7 nitrogen and oxygen atoms in total. The second kappa shape index (κ2) is 8.45. The number of carbonyl (C=O) groups is 2. The van der Waals surface area contributed by atoms with Gasteiger partial charge in [-0.05, 0) is 24.1 Å². The van der Waals surface area contributed by atoms with Gasteiger partial charge >= 0.3 is 5.97 Å². The smallest absolute Gasteiger partial charge is 0.336 e. The number of methoxy groups -OCH3 is 1. The number of allylic oxidation sites excluding steroid dienone is 1. The number of carbonyl (C=O) groups excluding carboxylic acids is 2. The van der Waals surface area contributed by atoms with E-state index in [1.807, 2.05) is 0 Å². The van der Waals surface area contributed by atoms with Crippen LogP contribution in [0.25, 0.3) is 0 Å². The van der Waals surface area contributed by atoms with Gasteiger partial charge in [0, 0.05) is 35.2 Å². The van der Waals surface area contributed by atoms with Crippen molar-refractivity contribution < 1.29 is 19.2 Å². The number of rotatable bonds is 5. The number of ether oxygens (including phenoxy) is 1. The third-order valence-electron chi connectivity index (χ3n) is 4.97. The van der Waals surface area contributed by atoms with Crippen LogP contribution in [0.2, 0.25) is 5.02 Å². The predicted molar refractivity (Wildman–Crippen MR) is 107 cm³/mol. The number of nitro groups is 1. The van der Waals surface area contributed by atoms with Crippen molar-refractivity contribution in [2.45, 2.75) is 25.8 Å². The van der Waals surface area contributed by atoms with E-state index in [9.17, 15) is 19.7 Å². The molecule has 0 aromatic heterocycles. The summed E-state index contributed by atoms with van der Waals surface area (Å²) < 4.78 is 4.97. The summed E-state index contributed by atoms with van der Waals surface area (Å²) in [7, 11) is 1.29. The van der Waals surface area contributed by atoms with Gasteiger partial charge in [-0.25, -0.2) is 4.79 Å². The third-order valence-corrected chi connectivity index (χ3v) is 5.32. The Bertz CT molecular complexity index is 1020. The second-order valence-electron chi connectivity index (χ2n) is 6.68. The monoisotopic (exact) mass is 414 g/mol. The molecular formula is C21H19ClN2O5. The zero-order chi connectivity index (χ0) is 21.1. The number of non-ortho nitro benzene ring substituents is 1. The van der Waals surface area contributed by atoms with E-state index < -0.39 is 16.8 Å². The van der Waals surface area contributed by atoms with E-state index in [0.29, 0.717) is 27.4 Å². The molecule has 0 N–H and O–H groups in total.